The number of aryl methyl sites for hydroxylation is 1. The lowest BCUT2D eigenvalue weighted by atomic mass is 10.1. The van der Waals surface area contributed by atoms with E-state index in [4.69, 9.17) is 0 Å². The molecule has 1 fully saturated rings. The number of hydrogen-bond acceptors (Lipinski definition) is 2. The van der Waals surface area contributed by atoms with E-state index in [0.717, 1.165) is 25.9 Å². The summed E-state index contributed by atoms with van der Waals surface area (Å²) in [7, 11) is 0. The van der Waals surface area contributed by atoms with E-state index in [1.54, 1.807) is 0 Å². The minimum Gasteiger partial charge on any atom is -0.356 e. The van der Waals surface area contributed by atoms with Crippen molar-refractivity contribution in [3.05, 3.63) is 35.4 Å². The first-order chi connectivity index (χ1) is 8.24. The summed E-state index contributed by atoms with van der Waals surface area (Å²) in [6.07, 6.45) is 2.74. The molecule has 1 atom stereocenters. The van der Waals surface area contributed by atoms with E-state index < -0.39 is 0 Å². The van der Waals surface area contributed by atoms with E-state index in [1.165, 1.54) is 11.1 Å². The number of carbonyl (C=O) groups excluding carboxylic acids is 1. The van der Waals surface area contributed by atoms with Crippen molar-refractivity contribution in [2.24, 2.45) is 0 Å². The molecule has 3 nitrogen and oxygen atoms in total. The first-order valence-electron chi connectivity index (χ1n) is 6.29. The molecule has 1 amide bonds. The Labute approximate surface area is 103 Å². The number of amides is 1. The van der Waals surface area contributed by atoms with Gasteiger partial charge in [0.1, 0.15) is 0 Å². The third-order valence-corrected chi connectivity index (χ3v) is 3.16. The highest BCUT2D eigenvalue weighted by atomic mass is 16.1. The fourth-order valence-corrected chi connectivity index (χ4v) is 2.23. The molecule has 3 heteroatoms. The van der Waals surface area contributed by atoms with E-state index in [9.17, 15) is 4.79 Å². The van der Waals surface area contributed by atoms with Gasteiger partial charge >= 0.3 is 0 Å². The Morgan fingerprint density at radius 2 is 2.35 bits per heavy atom. The summed E-state index contributed by atoms with van der Waals surface area (Å²) in [6.45, 7) is 3.77. The average Bonchev–Trinajstić information content (AvgIpc) is 2.51. The van der Waals surface area contributed by atoms with Crippen molar-refractivity contribution in [1.29, 1.82) is 0 Å². The second kappa shape index (κ2) is 5.82. The number of nitrogens with one attached hydrogen (secondary N) is 2. The van der Waals surface area contributed by atoms with Gasteiger partial charge in [0, 0.05) is 25.6 Å². The second-order valence-corrected chi connectivity index (χ2v) is 4.76. The van der Waals surface area contributed by atoms with Crippen LogP contribution in [0.3, 0.4) is 0 Å². The Morgan fingerprint density at radius 3 is 3.18 bits per heavy atom. The minimum absolute atomic E-state index is 0.171. The maximum atomic E-state index is 11.4. The Kier molecular flexibility index (Phi) is 4.15. The van der Waals surface area contributed by atoms with Crippen molar-refractivity contribution in [3.63, 3.8) is 0 Å². The molecule has 92 valence electrons. The maximum absolute atomic E-state index is 11.4. The van der Waals surface area contributed by atoms with Crippen molar-refractivity contribution in [2.75, 3.05) is 6.54 Å². The molecule has 0 saturated carbocycles. The lowest BCUT2D eigenvalue weighted by Gasteiger charge is -2.15. The summed E-state index contributed by atoms with van der Waals surface area (Å²) in [5.74, 6) is 0.171. The molecule has 0 bridgehead atoms. The quantitative estimate of drug-likeness (QED) is 0.833. The van der Waals surface area contributed by atoms with Gasteiger partial charge in [-0.3, -0.25) is 4.79 Å². The second-order valence-electron chi connectivity index (χ2n) is 4.76. The average molecular weight is 232 g/mol. The zero-order valence-corrected chi connectivity index (χ0v) is 10.3. The summed E-state index contributed by atoms with van der Waals surface area (Å²) in [5, 5.41) is 6.38. The Hall–Kier alpha value is -1.35. The zero-order valence-electron chi connectivity index (χ0n) is 10.3. The van der Waals surface area contributed by atoms with E-state index in [2.05, 4.69) is 41.8 Å². The van der Waals surface area contributed by atoms with Crippen LogP contribution in [0.1, 0.15) is 30.4 Å². The van der Waals surface area contributed by atoms with Gasteiger partial charge in [0.05, 0.1) is 0 Å². The largest absolute Gasteiger partial charge is 0.356 e. The molecule has 0 spiro atoms. The van der Waals surface area contributed by atoms with Gasteiger partial charge in [-0.05, 0) is 25.3 Å². The molecule has 1 aromatic carbocycles. The summed E-state index contributed by atoms with van der Waals surface area (Å²) >= 11 is 0. The highest BCUT2D eigenvalue weighted by Crippen LogP contribution is 2.08. The fraction of sp³-hybridized carbons (Fsp3) is 0.500. The van der Waals surface area contributed by atoms with E-state index >= 15 is 0 Å². The Morgan fingerprint density at radius 1 is 1.47 bits per heavy atom. The molecule has 0 aliphatic carbocycles. The molecular formula is C14H20N2O. The van der Waals surface area contributed by atoms with Gasteiger partial charge in [0.25, 0.3) is 0 Å². The molecule has 1 aliphatic heterocycles. The smallest absolute Gasteiger partial charge is 0.221 e. The molecule has 1 unspecified atom stereocenters. The van der Waals surface area contributed by atoms with Crippen LogP contribution in [0, 0.1) is 6.92 Å². The number of carbonyl (C=O) groups is 1. The third-order valence-electron chi connectivity index (χ3n) is 3.16. The lowest BCUT2D eigenvalue weighted by molar-refractivity contribution is -0.121. The van der Waals surface area contributed by atoms with Crippen LogP contribution in [0.25, 0.3) is 0 Å². The summed E-state index contributed by atoms with van der Waals surface area (Å²) in [5.41, 5.74) is 2.57. The molecule has 1 aliphatic rings. The molecule has 0 radical (unpaired) electrons. The molecule has 1 saturated heterocycles. The lowest BCUT2D eigenvalue weighted by Crippen LogP contribution is -2.32. The fourth-order valence-electron chi connectivity index (χ4n) is 2.23. The van der Waals surface area contributed by atoms with Gasteiger partial charge in [-0.15, -0.1) is 0 Å². The zero-order chi connectivity index (χ0) is 12.1. The molecule has 1 heterocycles. The minimum atomic E-state index is 0.171. The molecule has 2 N–H and O–H groups in total. The monoisotopic (exact) mass is 232 g/mol. The predicted molar refractivity (Wildman–Crippen MR) is 68.7 cm³/mol. The maximum Gasteiger partial charge on any atom is 0.221 e. The van der Waals surface area contributed by atoms with E-state index in [1.807, 2.05) is 0 Å². The van der Waals surface area contributed by atoms with Gasteiger partial charge in [-0.25, -0.2) is 0 Å². The standard InChI is InChI=1S/C14H20N2O/c1-11-4-2-5-12(8-11)10-16-13-6-3-7-15-14(17)9-13/h2,4-5,8,13,16H,3,6-7,9-10H2,1H3,(H,15,17). The first-order valence-corrected chi connectivity index (χ1v) is 6.29. The van der Waals surface area contributed by atoms with Crippen LogP contribution in [0.4, 0.5) is 0 Å². The Balaban J connectivity index is 1.86. The summed E-state index contributed by atoms with van der Waals surface area (Å²) < 4.78 is 0. The first kappa shape index (κ1) is 12.1. The van der Waals surface area contributed by atoms with Crippen LogP contribution >= 0.6 is 0 Å². The Bertz CT molecular complexity index is 390. The normalized spacial score (nSPS) is 20.8. The van der Waals surface area contributed by atoms with Gasteiger partial charge in [-0.2, -0.15) is 0 Å². The van der Waals surface area contributed by atoms with Crippen molar-refractivity contribution in [1.82, 2.24) is 10.6 Å². The van der Waals surface area contributed by atoms with Gasteiger partial charge in [0.2, 0.25) is 5.91 Å². The highest BCUT2D eigenvalue weighted by molar-refractivity contribution is 5.76. The topological polar surface area (TPSA) is 41.1 Å². The van der Waals surface area contributed by atoms with E-state index in [0.29, 0.717) is 12.5 Å². The van der Waals surface area contributed by atoms with Crippen LogP contribution in [0.15, 0.2) is 24.3 Å². The molecule has 2 rings (SSSR count). The van der Waals surface area contributed by atoms with Crippen molar-refractivity contribution < 1.29 is 4.79 Å². The summed E-state index contributed by atoms with van der Waals surface area (Å²) in [4.78, 5) is 11.4. The molecule has 0 aromatic heterocycles. The summed E-state index contributed by atoms with van der Waals surface area (Å²) in [6, 6.07) is 8.80. The van der Waals surface area contributed by atoms with Crippen LogP contribution in [0.2, 0.25) is 0 Å². The van der Waals surface area contributed by atoms with Gasteiger partial charge in [-0.1, -0.05) is 29.8 Å². The highest BCUT2D eigenvalue weighted by Gasteiger charge is 2.16. The van der Waals surface area contributed by atoms with Crippen molar-refractivity contribution in [2.45, 2.75) is 38.8 Å². The third kappa shape index (κ3) is 3.86. The van der Waals surface area contributed by atoms with Crippen molar-refractivity contribution in [3.8, 4) is 0 Å². The number of rotatable bonds is 3. The van der Waals surface area contributed by atoms with Crippen LogP contribution < -0.4 is 10.6 Å². The number of benzene rings is 1. The van der Waals surface area contributed by atoms with Gasteiger partial charge < -0.3 is 10.6 Å². The van der Waals surface area contributed by atoms with Crippen LogP contribution in [-0.4, -0.2) is 18.5 Å². The molecule has 17 heavy (non-hydrogen) atoms. The number of hydrogen-bond donors (Lipinski definition) is 2. The van der Waals surface area contributed by atoms with Crippen molar-refractivity contribution >= 4 is 5.91 Å². The molecular weight excluding hydrogens is 212 g/mol. The van der Waals surface area contributed by atoms with Crippen LogP contribution in [-0.2, 0) is 11.3 Å². The van der Waals surface area contributed by atoms with Gasteiger partial charge in [0.15, 0.2) is 0 Å². The van der Waals surface area contributed by atoms with Crippen LogP contribution in [0.5, 0.6) is 0 Å². The van der Waals surface area contributed by atoms with E-state index in [-0.39, 0.29) is 5.91 Å². The SMILES string of the molecule is Cc1cccc(CNC2CCCNC(=O)C2)c1. The predicted octanol–water partition coefficient (Wildman–Crippen LogP) is 1.75. The molecule has 1 aromatic rings.